The van der Waals surface area contributed by atoms with Crippen molar-refractivity contribution >= 4 is 17.7 Å². The Balaban J connectivity index is 1.92. The first-order chi connectivity index (χ1) is 9.65. The largest absolute Gasteiger partial charge is 0.394 e. The number of aliphatic hydroxyl groups excluding tert-OH is 1. The van der Waals surface area contributed by atoms with Crippen LogP contribution in [0.2, 0.25) is 0 Å². The summed E-state index contributed by atoms with van der Waals surface area (Å²) >= 11 is 1.88. The summed E-state index contributed by atoms with van der Waals surface area (Å²) < 4.78 is 10.7. The van der Waals surface area contributed by atoms with Gasteiger partial charge in [-0.2, -0.15) is 11.8 Å². The van der Waals surface area contributed by atoms with Gasteiger partial charge in [0.15, 0.2) is 5.69 Å². The van der Waals surface area contributed by atoms with Gasteiger partial charge in [0.2, 0.25) is 0 Å². The second kappa shape index (κ2) is 7.10. The van der Waals surface area contributed by atoms with E-state index in [0.717, 1.165) is 24.3 Å². The van der Waals surface area contributed by atoms with Gasteiger partial charge in [-0.3, -0.25) is 4.79 Å². The number of nitrogens with zero attached hydrogens (tertiary/aromatic N) is 1. The molecule has 0 bridgehead atoms. The van der Waals surface area contributed by atoms with Crippen LogP contribution in [-0.2, 0) is 4.74 Å². The van der Waals surface area contributed by atoms with Gasteiger partial charge in [0.05, 0.1) is 18.8 Å². The SMILES string of the molecule is Cc1cc(C(=O)NCC2(OCCO)CCSCC2)no1. The van der Waals surface area contributed by atoms with Crippen molar-refractivity contribution in [2.24, 2.45) is 0 Å². The third-order valence-electron chi connectivity index (χ3n) is 3.34. The number of hydrogen-bond donors (Lipinski definition) is 2. The zero-order valence-corrected chi connectivity index (χ0v) is 12.4. The standard InChI is InChI=1S/C13H20N2O4S/c1-10-8-11(15-19-10)12(17)14-9-13(18-5-4-16)2-6-20-7-3-13/h8,16H,2-7,9H2,1H3,(H,14,17). The fraction of sp³-hybridized carbons (Fsp3) is 0.692. The van der Waals surface area contributed by atoms with Crippen LogP contribution in [0.25, 0.3) is 0 Å². The number of thioether (sulfide) groups is 1. The molecule has 1 saturated heterocycles. The van der Waals surface area contributed by atoms with Crippen molar-refractivity contribution in [1.29, 1.82) is 0 Å². The Bertz CT molecular complexity index is 443. The lowest BCUT2D eigenvalue weighted by Crippen LogP contribution is -2.48. The molecule has 1 aromatic rings. The summed E-state index contributed by atoms with van der Waals surface area (Å²) in [6.07, 6.45) is 1.74. The first-order valence-corrected chi connectivity index (χ1v) is 7.85. The van der Waals surface area contributed by atoms with Crippen molar-refractivity contribution in [2.75, 3.05) is 31.3 Å². The van der Waals surface area contributed by atoms with E-state index in [9.17, 15) is 4.79 Å². The molecule has 0 aliphatic carbocycles. The minimum atomic E-state index is -0.373. The Morgan fingerprint density at radius 2 is 2.35 bits per heavy atom. The van der Waals surface area contributed by atoms with Crippen LogP contribution in [0, 0.1) is 6.92 Å². The van der Waals surface area contributed by atoms with Crippen LogP contribution >= 0.6 is 11.8 Å². The Morgan fingerprint density at radius 1 is 1.60 bits per heavy atom. The molecule has 1 aromatic heterocycles. The molecule has 0 saturated carbocycles. The Hall–Kier alpha value is -1.05. The number of carbonyl (C=O) groups excluding carboxylic acids is 1. The molecule has 0 atom stereocenters. The highest BCUT2D eigenvalue weighted by Gasteiger charge is 2.33. The maximum absolute atomic E-state index is 12.0. The molecule has 2 N–H and O–H groups in total. The van der Waals surface area contributed by atoms with Gasteiger partial charge < -0.3 is 19.7 Å². The number of rotatable bonds is 6. The van der Waals surface area contributed by atoms with Crippen molar-refractivity contribution in [3.63, 3.8) is 0 Å². The number of aliphatic hydroxyl groups is 1. The van der Waals surface area contributed by atoms with Crippen molar-refractivity contribution in [3.05, 3.63) is 17.5 Å². The molecule has 0 spiro atoms. The van der Waals surface area contributed by atoms with E-state index in [1.54, 1.807) is 13.0 Å². The Labute approximate surface area is 122 Å². The summed E-state index contributed by atoms with van der Waals surface area (Å²) in [4.78, 5) is 12.0. The van der Waals surface area contributed by atoms with Gasteiger partial charge in [-0.25, -0.2) is 0 Å². The molecule has 112 valence electrons. The number of ether oxygens (including phenoxy) is 1. The molecular formula is C13H20N2O4S. The van der Waals surface area contributed by atoms with Crippen molar-refractivity contribution in [3.8, 4) is 0 Å². The van der Waals surface area contributed by atoms with Crippen molar-refractivity contribution < 1.29 is 19.2 Å². The summed E-state index contributed by atoms with van der Waals surface area (Å²) in [6, 6.07) is 1.60. The quantitative estimate of drug-likeness (QED) is 0.815. The average molecular weight is 300 g/mol. The molecular weight excluding hydrogens is 280 g/mol. The number of aryl methyl sites for hydroxylation is 1. The van der Waals surface area contributed by atoms with E-state index in [-0.39, 0.29) is 23.8 Å². The molecule has 7 heteroatoms. The molecule has 1 aliphatic heterocycles. The van der Waals surface area contributed by atoms with Gasteiger partial charge in [0.25, 0.3) is 5.91 Å². The maximum atomic E-state index is 12.0. The predicted octanol–water partition coefficient (Wildman–Crippen LogP) is 0.988. The molecule has 2 rings (SSSR count). The lowest BCUT2D eigenvalue weighted by atomic mass is 9.96. The molecule has 6 nitrogen and oxygen atoms in total. The van der Waals surface area contributed by atoms with Gasteiger partial charge in [-0.1, -0.05) is 5.16 Å². The monoisotopic (exact) mass is 300 g/mol. The zero-order chi connectivity index (χ0) is 14.4. The van der Waals surface area contributed by atoms with Gasteiger partial charge in [-0.05, 0) is 31.3 Å². The second-order valence-corrected chi connectivity index (χ2v) is 6.10. The first kappa shape index (κ1) is 15.3. The molecule has 1 aliphatic rings. The number of carbonyl (C=O) groups is 1. The summed E-state index contributed by atoms with van der Waals surface area (Å²) in [5.41, 5.74) is -0.0902. The normalized spacial score (nSPS) is 17.9. The molecule has 1 fully saturated rings. The van der Waals surface area contributed by atoms with Crippen molar-refractivity contribution in [2.45, 2.75) is 25.4 Å². The van der Waals surface area contributed by atoms with Gasteiger partial charge in [0, 0.05) is 12.6 Å². The van der Waals surface area contributed by atoms with Crippen molar-refractivity contribution in [1.82, 2.24) is 10.5 Å². The maximum Gasteiger partial charge on any atom is 0.273 e. The predicted molar refractivity (Wildman–Crippen MR) is 75.9 cm³/mol. The number of hydrogen-bond acceptors (Lipinski definition) is 6. The number of aromatic nitrogens is 1. The minimum Gasteiger partial charge on any atom is -0.394 e. The van der Waals surface area contributed by atoms with Crippen LogP contribution in [0.15, 0.2) is 10.6 Å². The van der Waals surface area contributed by atoms with E-state index in [1.165, 1.54) is 0 Å². The molecule has 0 aromatic carbocycles. The molecule has 1 amide bonds. The highest BCUT2D eigenvalue weighted by molar-refractivity contribution is 7.99. The topological polar surface area (TPSA) is 84.6 Å². The van der Waals surface area contributed by atoms with E-state index in [1.807, 2.05) is 11.8 Å². The van der Waals surface area contributed by atoms with Crippen LogP contribution in [0.1, 0.15) is 29.1 Å². The summed E-state index contributed by atoms with van der Waals surface area (Å²) in [6.45, 7) is 2.46. The third-order valence-corrected chi connectivity index (χ3v) is 4.32. The Kier molecular flexibility index (Phi) is 5.45. The molecule has 2 heterocycles. The minimum absolute atomic E-state index is 0.00861. The second-order valence-electron chi connectivity index (χ2n) is 4.87. The zero-order valence-electron chi connectivity index (χ0n) is 11.6. The van der Waals surface area contributed by atoms with Gasteiger partial charge in [-0.15, -0.1) is 0 Å². The van der Waals surface area contributed by atoms with E-state index in [0.29, 0.717) is 18.9 Å². The van der Waals surface area contributed by atoms with Gasteiger partial charge in [0.1, 0.15) is 5.76 Å². The summed E-state index contributed by atoms with van der Waals surface area (Å²) in [7, 11) is 0. The first-order valence-electron chi connectivity index (χ1n) is 6.69. The molecule has 0 radical (unpaired) electrons. The van der Waals surface area contributed by atoms with E-state index in [2.05, 4.69) is 10.5 Å². The van der Waals surface area contributed by atoms with Crippen LogP contribution in [-0.4, -0.2) is 53.0 Å². The third kappa shape index (κ3) is 3.97. The van der Waals surface area contributed by atoms with Crippen LogP contribution in [0.5, 0.6) is 0 Å². The van der Waals surface area contributed by atoms with E-state index in [4.69, 9.17) is 14.4 Å². The highest BCUT2D eigenvalue weighted by Crippen LogP contribution is 2.30. The average Bonchev–Trinajstić information content (AvgIpc) is 2.90. The van der Waals surface area contributed by atoms with Crippen LogP contribution < -0.4 is 5.32 Å². The summed E-state index contributed by atoms with van der Waals surface area (Å²) in [5, 5.41) is 15.5. The molecule has 20 heavy (non-hydrogen) atoms. The van der Waals surface area contributed by atoms with E-state index >= 15 is 0 Å². The Morgan fingerprint density at radius 3 is 2.95 bits per heavy atom. The van der Waals surface area contributed by atoms with E-state index < -0.39 is 0 Å². The van der Waals surface area contributed by atoms with Crippen LogP contribution in [0.4, 0.5) is 0 Å². The fourth-order valence-corrected chi connectivity index (χ4v) is 3.42. The lowest BCUT2D eigenvalue weighted by molar-refractivity contribution is -0.0608. The number of amides is 1. The lowest BCUT2D eigenvalue weighted by Gasteiger charge is -2.36. The molecule has 0 unspecified atom stereocenters. The van der Waals surface area contributed by atoms with Crippen LogP contribution in [0.3, 0.4) is 0 Å². The summed E-state index contributed by atoms with van der Waals surface area (Å²) in [5.74, 6) is 2.36. The smallest absolute Gasteiger partial charge is 0.273 e. The highest BCUT2D eigenvalue weighted by atomic mass is 32.2. The number of nitrogens with one attached hydrogen (secondary N) is 1. The van der Waals surface area contributed by atoms with Gasteiger partial charge >= 0.3 is 0 Å². The fourth-order valence-electron chi connectivity index (χ4n) is 2.18.